The molecule has 126 valence electrons. The Hall–Kier alpha value is -2.21. The summed E-state index contributed by atoms with van der Waals surface area (Å²) in [6.07, 6.45) is 6.61. The molecule has 1 aromatic heterocycles. The molecule has 1 aromatic carbocycles. The van der Waals surface area contributed by atoms with Crippen LogP contribution in [0, 0.1) is 0 Å². The van der Waals surface area contributed by atoms with Gasteiger partial charge in [-0.3, -0.25) is 9.67 Å². The Morgan fingerprint density at radius 3 is 2.88 bits per heavy atom. The van der Waals surface area contributed by atoms with Crippen molar-refractivity contribution in [2.24, 2.45) is 4.99 Å². The van der Waals surface area contributed by atoms with E-state index >= 15 is 0 Å². The summed E-state index contributed by atoms with van der Waals surface area (Å²) in [5.74, 6) is -0.0485. The van der Waals surface area contributed by atoms with Crippen LogP contribution in [0.5, 0.6) is 5.75 Å². The lowest BCUT2D eigenvalue weighted by atomic mass is 10.1. The molecule has 4 nitrogen and oxygen atoms in total. The standard InChI is InChI=1S/C17H16ClF2N3O/c1-2-11-5-14(21-7-11)10-23-9-13(8-22-23)12-3-4-15(18)16(6-12)24-17(19)20/h3-6,8-9,17H,2,7,10H2,1H3. The molecule has 0 aliphatic carbocycles. The maximum Gasteiger partial charge on any atom is 0.387 e. The van der Waals surface area contributed by atoms with Crippen molar-refractivity contribution in [2.45, 2.75) is 26.5 Å². The zero-order valence-corrected chi connectivity index (χ0v) is 13.8. The Bertz CT molecular complexity index is 799. The number of hydrogen-bond donors (Lipinski definition) is 0. The van der Waals surface area contributed by atoms with Gasteiger partial charge in [-0.1, -0.05) is 24.6 Å². The van der Waals surface area contributed by atoms with Crippen molar-refractivity contribution in [1.82, 2.24) is 9.78 Å². The molecule has 0 N–H and O–H groups in total. The van der Waals surface area contributed by atoms with Gasteiger partial charge in [0.15, 0.2) is 0 Å². The summed E-state index contributed by atoms with van der Waals surface area (Å²) in [5, 5.41) is 4.45. The summed E-state index contributed by atoms with van der Waals surface area (Å²) in [6, 6.07) is 4.76. The monoisotopic (exact) mass is 351 g/mol. The molecule has 2 heterocycles. The van der Waals surface area contributed by atoms with Crippen LogP contribution >= 0.6 is 11.6 Å². The highest BCUT2D eigenvalue weighted by Crippen LogP contribution is 2.31. The molecule has 1 aliphatic heterocycles. The van der Waals surface area contributed by atoms with Crippen LogP contribution in [-0.2, 0) is 6.54 Å². The van der Waals surface area contributed by atoms with Crippen molar-refractivity contribution in [3.05, 3.63) is 47.3 Å². The van der Waals surface area contributed by atoms with Crippen molar-refractivity contribution in [1.29, 1.82) is 0 Å². The van der Waals surface area contributed by atoms with Crippen LogP contribution in [0.15, 0.2) is 47.2 Å². The second-order valence-corrected chi connectivity index (χ2v) is 5.82. The van der Waals surface area contributed by atoms with Crippen LogP contribution in [0.2, 0.25) is 5.02 Å². The van der Waals surface area contributed by atoms with E-state index in [0.29, 0.717) is 12.1 Å². The highest BCUT2D eigenvalue weighted by Gasteiger charge is 2.12. The predicted octanol–water partition coefficient (Wildman–Crippen LogP) is 4.60. The molecule has 0 saturated carbocycles. The number of aliphatic imine (C=N–C) groups is 1. The molecule has 0 fully saturated rings. The lowest BCUT2D eigenvalue weighted by molar-refractivity contribution is -0.0497. The molecule has 0 radical (unpaired) electrons. The summed E-state index contributed by atoms with van der Waals surface area (Å²) >= 11 is 5.87. The van der Waals surface area contributed by atoms with E-state index in [0.717, 1.165) is 24.2 Å². The van der Waals surface area contributed by atoms with Crippen LogP contribution in [0.25, 0.3) is 11.1 Å². The van der Waals surface area contributed by atoms with Gasteiger partial charge in [-0.2, -0.15) is 13.9 Å². The van der Waals surface area contributed by atoms with E-state index in [2.05, 4.69) is 27.8 Å². The molecule has 24 heavy (non-hydrogen) atoms. The van der Waals surface area contributed by atoms with Gasteiger partial charge in [-0.25, -0.2) is 0 Å². The van der Waals surface area contributed by atoms with Gasteiger partial charge in [-0.05, 0) is 35.8 Å². The number of aromatic nitrogens is 2. The molecule has 3 rings (SSSR count). The van der Waals surface area contributed by atoms with E-state index in [1.807, 2.05) is 6.20 Å². The third-order valence-corrected chi connectivity index (χ3v) is 4.06. The highest BCUT2D eigenvalue weighted by molar-refractivity contribution is 6.32. The van der Waals surface area contributed by atoms with Crippen molar-refractivity contribution >= 4 is 17.3 Å². The third kappa shape index (κ3) is 3.82. The quantitative estimate of drug-likeness (QED) is 0.763. The summed E-state index contributed by atoms with van der Waals surface area (Å²) in [5.41, 5.74) is 3.80. The van der Waals surface area contributed by atoms with Gasteiger partial charge in [0.05, 0.1) is 30.0 Å². The zero-order valence-electron chi connectivity index (χ0n) is 13.0. The minimum atomic E-state index is -2.92. The van der Waals surface area contributed by atoms with E-state index in [1.165, 1.54) is 17.7 Å². The maximum absolute atomic E-state index is 12.4. The molecule has 0 saturated heterocycles. The Labute approximate surface area is 143 Å². The minimum Gasteiger partial charge on any atom is -0.433 e. The Kier molecular flexibility index (Phi) is 4.94. The van der Waals surface area contributed by atoms with Gasteiger partial charge in [0, 0.05) is 11.8 Å². The largest absolute Gasteiger partial charge is 0.433 e. The molecule has 1 aliphatic rings. The molecule has 2 aromatic rings. The predicted molar refractivity (Wildman–Crippen MR) is 90.0 cm³/mol. The fourth-order valence-electron chi connectivity index (χ4n) is 2.47. The average molecular weight is 352 g/mol. The highest BCUT2D eigenvalue weighted by atomic mass is 35.5. The van der Waals surface area contributed by atoms with Crippen molar-refractivity contribution < 1.29 is 13.5 Å². The van der Waals surface area contributed by atoms with Gasteiger partial charge < -0.3 is 4.74 Å². The number of allylic oxidation sites excluding steroid dienone is 1. The first-order valence-corrected chi connectivity index (χ1v) is 7.93. The molecule has 0 bridgehead atoms. The number of hydrogen-bond acceptors (Lipinski definition) is 3. The summed E-state index contributed by atoms with van der Waals surface area (Å²) in [4.78, 5) is 4.47. The average Bonchev–Trinajstić information content (AvgIpc) is 3.19. The van der Waals surface area contributed by atoms with Gasteiger partial charge in [-0.15, -0.1) is 0 Å². The molecule has 7 heteroatoms. The van der Waals surface area contributed by atoms with E-state index in [-0.39, 0.29) is 10.8 Å². The molecular weight excluding hydrogens is 336 g/mol. The van der Waals surface area contributed by atoms with E-state index in [9.17, 15) is 8.78 Å². The molecule has 0 unspecified atom stereocenters. The molecule has 0 spiro atoms. The zero-order chi connectivity index (χ0) is 17.1. The summed E-state index contributed by atoms with van der Waals surface area (Å²) in [7, 11) is 0. The SMILES string of the molecule is CCC1=CC(Cn2cc(-c3ccc(Cl)c(OC(F)F)c3)cn2)=NC1. The van der Waals surface area contributed by atoms with Gasteiger partial charge >= 0.3 is 6.61 Å². The van der Waals surface area contributed by atoms with Crippen LogP contribution < -0.4 is 4.74 Å². The van der Waals surface area contributed by atoms with Gasteiger partial charge in [0.2, 0.25) is 0 Å². The first kappa shape index (κ1) is 16.6. The number of halogens is 3. The third-order valence-electron chi connectivity index (χ3n) is 3.75. The second-order valence-electron chi connectivity index (χ2n) is 5.41. The first-order chi connectivity index (χ1) is 11.5. The maximum atomic E-state index is 12.4. The van der Waals surface area contributed by atoms with E-state index in [1.54, 1.807) is 16.9 Å². The summed E-state index contributed by atoms with van der Waals surface area (Å²) < 4.78 is 31.0. The fourth-order valence-corrected chi connectivity index (χ4v) is 2.64. The van der Waals surface area contributed by atoms with Crippen LogP contribution in [0.1, 0.15) is 13.3 Å². The van der Waals surface area contributed by atoms with Crippen LogP contribution in [0.4, 0.5) is 8.78 Å². The second kappa shape index (κ2) is 7.13. The van der Waals surface area contributed by atoms with Gasteiger partial charge in [0.1, 0.15) is 5.75 Å². The smallest absolute Gasteiger partial charge is 0.387 e. The van der Waals surface area contributed by atoms with E-state index in [4.69, 9.17) is 11.6 Å². The van der Waals surface area contributed by atoms with Gasteiger partial charge in [0.25, 0.3) is 0 Å². The van der Waals surface area contributed by atoms with Crippen LogP contribution in [-0.4, -0.2) is 28.6 Å². The fraction of sp³-hybridized carbons (Fsp3) is 0.294. The minimum absolute atomic E-state index is 0.0485. The van der Waals surface area contributed by atoms with E-state index < -0.39 is 6.61 Å². The number of rotatable bonds is 6. The number of nitrogens with zero attached hydrogens (tertiary/aromatic N) is 3. The first-order valence-electron chi connectivity index (χ1n) is 7.55. The van der Waals surface area contributed by atoms with Crippen molar-refractivity contribution in [2.75, 3.05) is 6.54 Å². The lowest BCUT2D eigenvalue weighted by Crippen LogP contribution is -2.06. The molecule has 0 atom stereocenters. The lowest BCUT2D eigenvalue weighted by Gasteiger charge is -2.08. The Balaban J connectivity index is 1.77. The number of alkyl halides is 2. The number of benzene rings is 1. The topological polar surface area (TPSA) is 39.4 Å². The van der Waals surface area contributed by atoms with Crippen molar-refractivity contribution in [3.8, 4) is 16.9 Å². The normalized spacial score (nSPS) is 14.0. The Morgan fingerprint density at radius 2 is 2.17 bits per heavy atom. The molecule has 0 amide bonds. The number of ether oxygens (including phenoxy) is 1. The summed E-state index contributed by atoms with van der Waals surface area (Å²) in [6.45, 7) is 0.527. The molecular formula is C17H16ClF2N3O. The Morgan fingerprint density at radius 1 is 1.33 bits per heavy atom. The van der Waals surface area contributed by atoms with Crippen LogP contribution in [0.3, 0.4) is 0 Å². The van der Waals surface area contributed by atoms with Crippen molar-refractivity contribution in [3.63, 3.8) is 0 Å².